The minimum atomic E-state index is 0.337. The van der Waals surface area contributed by atoms with Crippen molar-refractivity contribution in [3.63, 3.8) is 0 Å². The molecule has 0 amide bonds. The molecule has 1 saturated heterocycles. The summed E-state index contributed by atoms with van der Waals surface area (Å²) < 4.78 is 6.00. The van der Waals surface area contributed by atoms with Gasteiger partial charge in [0.15, 0.2) is 0 Å². The predicted octanol–water partition coefficient (Wildman–Crippen LogP) is 2.95. The number of benzene rings is 1. The summed E-state index contributed by atoms with van der Waals surface area (Å²) in [6.07, 6.45) is 6.77. The van der Waals surface area contributed by atoms with Crippen molar-refractivity contribution in [2.45, 2.75) is 44.2 Å². The van der Waals surface area contributed by atoms with Crippen molar-refractivity contribution in [3.05, 3.63) is 29.8 Å². The van der Waals surface area contributed by atoms with Crippen LogP contribution in [0.25, 0.3) is 0 Å². The van der Waals surface area contributed by atoms with Gasteiger partial charge in [-0.3, -0.25) is 0 Å². The number of piperidine rings is 1. The normalized spacial score (nSPS) is 21.6. The lowest BCUT2D eigenvalue weighted by atomic mass is 9.90. The Morgan fingerprint density at radius 1 is 1.05 bits per heavy atom. The van der Waals surface area contributed by atoms with Crippen molar-refractivity contribution in [2.75, 3.05) is 13.1 Å². The third-order valence-electron chi connectivity index (χ3n) is 4.35. The standard InChI is InChI=1S/C16H20N2O/c17-12-13-4-6-15(7-5-13)19-16-8-10-18(11-9-16)14-2-1-3-14/h4-7,14,16H,1-3,8-11H2. The van der Waals surface area contributed by atoms with Gasteiger partial charge in [-0.1, -0.05) is 6.42 Å². The Labute approximate surface area is 114 Å². The van der Waals surface area contributed by atoms with Gasteiger partial charge in [0.1, 0.15) is 11.9 Å². The summed E-state index contributed by atoms with van der Waals surface area (Å²) >= 11 is 0. The smallest absolute Gasteiger partial charge is 0.119 e. The van der Waals surface area contributed by atoms with E-state index in [2.05, 4.69) is 11.0 Å². The maximum Gasteiger partial charge on any atom is 0.119 e. The van der Waals surface area contributed by atoms with E-state index >= 15 is 0 Å². The second-order valence-corrected chi connectivity index (χ2v) is 5.57. The van der Waals surface area contributed by atoms with Crippen LogP contribution in [0.2, 0.25) is 0 Å². The van der Waals surface area contributed by atoms with Gasteiger partial charge in [0, 0.05) is 19.1 Å². The van der Waals surface area contributed by atoms with Gasteiger partial charge in [-0.15, -0.1) is 0 Å². The van der Waals surface area contributed by atoms with Crippen LogP contribution in [-0.2, 0) is 0 Å². The lowest BCUT2D eigenvalue weighted by Gasteiger charge is -2.41. The monoisotopic (exact) mass is 256 g/mol. The molecule has 0 radical (unpaired) electrons. The molecule has 0 unspecified atom stereocenters. The fourth-order valence-electron chi connectivity index (χ4n) is 2.91. The van der Waals surface area contributed by atoms with Gasteiger partial charge < -0.3 is 9.64 Å². The number of ether oxygens (including phenoxy) is 1. The first-order valence-corrected chi connectivity index (χ1v) is 7.26. The summed E-state index contributed by atoms with van der Waals surface area (Å²) in [5.41, 5.74) is 0.687. The van der Waals surface area contributed by atoms with Crippen LogP contribution in [0.3, 0.4) is 0 Å². The number of hydrogen-bond donors (Lipinski definition) is 0. The fraction of sp³-hybridized carbons (Fsp3) is 0.562. The molecule has 1 aromatic carbocycles. The summed E-state index contributed by atoms with van der Waals surface area (Å²) in [6, 6.07) is 10.4. The second kappa shape index (κ2) is 5.63. The maximum atomic E-state index is 8.76. The van der Waals surface area contributed by atoms with Gasteiger partial charge in [-0.2, -0.15) is 5.26 Å². The summed E-state index contributed by atoms with van der Waals surface area (Å²) in [5.74, 6) is 0.890. The number of rotatable bonds is 3. The molecule has 100 valence electrons. The van der Waals surface area contributed by atoms with E-state index in [4.69, 9.17) is 10.00 Å². The van der Waals surface area contributed by atoms with Gasteiger partial charge in [0.25, 0.3) is 0 Å². The van der Waals surface area contributed by atoms with Gasteiger partial charge in [-0.25, -0.2) is 0 Å². The Balaban J connectivity index is 1.49. The maximum absolute atomic E-state index is 8.76. The molecule has 3 rings (SSSR count). The first-order valence-electron chi connectivity index (χ1n) is 7.26. The van der Waals surface area contributed by atoms with E-state index < -0.39 is 0 Å². The summed E-state index contributed by atoms with van der Waals surface area (Å²) in [7, 11) is 0. The van der Waals surface area contributed by atoms with E-state index in [9.17, 15) is 0 Å². The van der Waals surface area contributed by atoms with Crippen molar-refractivity contribution in [1.29, 1.82) is 5.26 Å². The fourth-order valence-corrected chi connectivity index (χ4v) is 2.91. The molecular formula is C16H20N2O. The molecular weight excluding hydrogens is 236 g/mol. The molecule has 0 aromatic heterocycles. The average molecular weight is 256 g/mol. The third kappa shape index (κ3) is 2.90. The Hall–Kier alpha value is -1.53. The molecule has 2 fully saturated rings. The summed E-state index contributed by atoms with van der Waals surface area (Å²) in [6.45, 7) is 2.34. The zero-order valence-electron chi connectivity index (χ0n) is 11.2. The van der Waals surface area contributed by atoms with Crippen LogP contribution < -0.4 is 4.74 Å². The van der Waals surface area contributed by atoms with E-state index in [1.165, 1.54) is 32.4 Å². The number of nitrogens with zero attached hydrogens (tertiary/aromatic N) is 2. The largest absolute Gasteiger partial charge is 0.490 e. The van der Waals surface area contributed by atoms with Crippen LogP contribution in [0, 0.1) is 11.3 Å². The quantitative estimate of drug-likeness (QED) is 0.834. The molecule has 0 atom stereocenters. The van der Waals surface area contributed by atoms with Gasteiger partial charge in [0.05, 0.1) is 11.6 Å². The molecule has 3 nitrogen and oxygen atoms in total. The third-order valence-corrected chi connectivity index (χ3v) is 4.35. The van der Waals surface area contributed by atoms with E-state index in [0.29, 0.717) is 11.7 Å². The van der Waals surface area contributed by atoms with Crippen molar-refractivity contribution in [1.82, 2.24) is 4.90 Å². The van der Waals surface area contributed by atoms with Gasteiger partial charge in [-0.05, 0) is 49.9 Å². The van der Waals surface area contributed by atoms with Crippen LogP contribution in [0.1, 0.15) is 37.7 Å². The van der Waals surface area contributed by atoms with E-state index in [-0.39, 0.29) is 0 Å². The number of likely N-dealkylation sites (tertiary alicyclic amines) is 1. The Morgan fingerprint density at radius 2 is 1.74 bits per heavy atom. The van der Waals surface area contributed by atoms with E-state index in [1.54, 1.807) is 0 Å². The van der Waals surface area contributed by atoms with Crippen molar-refractivity contribution in [2.24, 2.45) is 0 Å². The average Bonchev–Trinajstić information content (AvgIpc) is 2.40. The molecule has 0 spiro atoms. The number of nitriles is 1. The lowest BCUT2D eigenvalue weighted by molar-refractivity contribution is 0.0493. The predicted molar refractivity (Wildman–Crippen MR) is 74.0 cm³/mol. The highest BCUT2D eigenvalue weighted by molar-refractivity contribution is 5.34. The van der Waals surface area contributed by atoms with Crippen LogP contribution in [0.4, 0.5) is 0 Å². The Morgan fingerprint density at radius 3 is 2.26 bits per heavy atom. The highest BCUT2D eigenvalue weighted by atomic mass is 16.5. The molecule has 3 heteroatoms. The van der Waals surface area contributed by atoms with Gasteiger partial charge in [0.2, 0.25) is 0 Å². The first-order chi connectivity index (χ1) is 9.35. The molecule has 0 bridgehead atoms. The lowest BCUT2D eigenvalue weighted by Crippen LogP contribution is -2.46. The molecule has 0 N–H and O–H groups in total. The Bertz CT molecular complexity index is 451. The topological polar surface area (TPSA) is 36.3 Å². The molecule has 19 heavy (non-hydrogen) atoms. The molecule has 1 aliphatic carbocycles. The Kier molecular flexibility index (Phi) is 3.70. The highest BCUT2D eigenvalue weighted by Crippen LogP contribution is 2.28. The zero-order valence-corrected chi connectivity index (χ0v) is 11.2. The van der Waals surface area contributed by atoms with Crippen molar-refractivity contribution >= 4 is 0 Å². The highest BCUT2D eigenvalue weighted by Gasteiger charge is 2.29. The minimum absolute atomic E-state index is 0.337. The molecule has 1 heterocycles. The van der Waals surface area contributed by atoms with E-state index in [1.807, 2.05) is 24.3 Å². The van der Waals surface area contributed by atoms with Crippen LogP contribution in [0.15, 0.2) is 24.3 Å². The van der Waals surface area contributed by atoms with E-state index in [0.717, 1.165) is 24.6 Å². The zero-order chi connectivity index (χ0) is 13.1. The molecule has 2 aliphatic rings. The molecule has 1 aromatic rings. The van der Waals surface area contributed by atoms with Crippen molar-refractivity contribution in [3.8, 4) is 11.8 Å². The molecule has 1 saturated carbocycles. The minimum Gasteiger partial charge on any atom is -0.490 e. The SMILES string of the molecule is N#Cc1ccc(OC2CCN(C3CCC3)CC2)cc1. The first kappa shape index (κ1) is 12.5. The van der Waals surface area contributed by atoms with Crippen LogP contribution in [-0.4, -0.2) is 30.1 Å². The van der Waals surface area contributed by atoms with Crippen LogP contribution >= 0.6 is 0 Å². The molecule has 1 aliphatic heterocycles. The van der Waals surface area contributed by atoms with Crippen molar-refractivity contribution < 1.29 is 4.74 Å². The second-order valence-electron chi connectivity index (χ2n) is 5.57. The van der Waals surface area contributed by atoms with Crippen LogP contribution in [0.5, 0.6) is 5.75 Å². The van der Waals surface area contributed by atoms with Gasteiger partial charge >= 0.3 is 0 Å². The summed E-state index contributed by atoms with van der Waals surface area (Å²) in [5, 5.41) is 8.76. The number of hydrogen-bond acceptors (Lipinski definition) is 3. The summed E-state index contributed by atoms with van der Waals surface area (Å²) in [4.78, 5) is 2.63.